The van der Waals surface area contributed by atoms with Gasteiger partial charge in [-0.25, -0.2) is 0 Å². The summed E-state index contributed by atoms with van der Waals surface area (Å²) < 4.78 is 16.6. The van der Waals surface area contributed by atoms with E-state index in [0.29, 0.717) is 0 Å². The number of carbonyl (C=O) groups excluding carboxylic acids is 3. The van der Waals surface area contributed by atoms with Crippen molar-refractivity contribution in [1.29, 1.82) is 0 Å². The molecule has 0 aromatic rings. The van der Waals surface area contributed by atoms with E-state index in [2.05, 4.69) is 0 Å². The van der Waals surface area contributed by atoms with E-state index in [9.17, 15) is 14.4 Å². The minimum atomic E-state index is -4.59. The quantitative estimate of drug-likeness (QED) is 0.663. The second-order valence-corrected chi connectivity index (χ2v) is 11.0. The number of hydrogen-bond donors (Lipinski definition) is 0. The Morgan fingerprint density at radius 3 is 1.38 bits per heavy atom. The van der Waals surface area contributed by atoms with Crippen LogP contribution in [-0.2, 0) is 42.1 Å². The molecule has 0 saturated carbocycles. The molecule has 3 aliphatic rings. The van der Waals surface area contributed by atoms with Crippen LogP contribution in [0, 0.1) is 0 Å². The molecule has 0 amide bonds. The Balaban J connectivity index is 2.15. The zero-order valence-corrected chi connectivity index (χ0v) is 17.2. The molecule has 0 bridgehead atoms. The number of hydrogen-bond acceptors (Lipinski definition) is 6. The molecule has 0 atom stereocenters. The van der Waals surface area contributed by atoms with Crippen molar-refractivity contribution >= 4 is 17.9 Å². The molecule has 0 saturated heterocycles. The van der Waals surface area contributed by atoms with Crippen molar-refractivity contribution in [2.24, 2.45) is 0 Å². The first-order valence-corrected chi connectivity index (χ1v) is 12.2. The van der Waals surface area contributed by atoms with E-state index in [-0.39, 0.29) is 4.22 Å². The molecule has 0 radical (unpaired) electrons. The van der Waals surface area contributed by atoms with Crippen molar-refractivity contribution in [1.82, 2.24) is 0 Å². The van der Waals surface area contributed by atoms with Crippen molar-refractivity contribution in [2.75, 3.05) is 0 Å². The summed E-state index contributed by atoms with van der Waals surface area (Å²) in [6, 6.07) is 0. The molecule has 0 aromatic carbocycles. The van der Waals surface area contributed by atoms with Gasteiger partial charge in [0.1, 0.15) is 0 Å². The molecule has 0 unspecified atom stereocenters. The fourth-order valence-electron chi connectivity index (χ4n) is 4.66. The van der Waals surface area contributed by atoms with Gasteiger partial charge in [-0.1, -0.05) is 0 Å². The van der Waals surface area contributed by atoms with Crippen LogP contribution in [0.2, 0.25) is 4.22 Å². The van der Waals surface area contributed by atoms with Gasteiger partial charge < -0.3 is 0 Å². The van der Waals surface area contributed by atoms with Crippen LogP contribution in [-0.4, -0.2) is 17.9 Å². The first-order valence-electron chi connectivity index (χ1n) is 9.37. The van der Waals surface area contributed by atoms with Gasteiger partial charge in [0, 0.05) is 0 Å². The summed E-state index contributed by atoms with van der Waals surface area (Å²) in [7, 11) is 0. The molecule has 3 aliphatic carbocycles. The van der Waals surface area contributed by atoms with Crippen LogP contribution < -0.4 is 0 Å². The molecule has 7 heteroatoms. The van der Waals surface area contributed by atoms with E-state index < -0.39 is 35.7 Å². The summed E-state index contributed by atoms with van der Waals surface area (Å²) in [6.45, 7) is 3.82. The van der Waals surface area contributed by atoms with E-state index in [1.54, 1.807) is 0 Å². The number of rotatable bonds is 4. The molecule has 0 heterocycles. The first kappa shape index (κ1) is 19.4. The maximum absolute atomic E-state index is 11.9. The normalized spacial score (nSPS) is 20.4. The Morgan fingerprint density at radius 2 is 1.04 bits per heavy atom. The van der Waals surface area contributed by atoms with Crippen LogP contribution in [0.5, 0.6) is 0 Å². The van der Waals surface area contributed by atoms with Gasteiger partial charge in [0.05, 0.1) is 0 Å². The zero-order chi connectivity index (χ0) is 18.9. The van der Waals surface area contributed by atoms with Crippen LogP contribution in [0.3, 0.4) is 0 Å². The van der Waals surface area contributed by atoms with Crippen LogP contribution in [0.25, 0.3) is 0 Å². The summed E-state index contributed by atoms with van der Waals surface area (Å²) in [4.78, 5) is 35.7. The first-order chi connectivity index (χ1) is 12.3. The molecule has 0 N–H and O–H groups in total. The molecular weight excluding hydrogens is 372 g/mol. The Labute approximate surface area is 158 Å². The molecule has 0 fully saturated rings. The predicted octanol–water partition coefficient (Wildman–Crippen LogP) is 4.12. The van der Waals surface area contributed by atoms with E-state index >= 15 is 0 Å². The SMILES string of the molecule is CC(=O)[O][Ti]([O]C(C)=O)([O]C(C)=O)[CH]1C2=C(CCCC2)C2=C1CCCC2. The Morgan fingerprint density at radius 1 is 0.692 bits per heavy atom. The number of carbonyl (C=O) groups is 3. The van der Waals surface area contributed by atoms with Crippen LogP contribution in [0.1, 0.15) is 72.1 Å². The van der Waals surface area contributed by atoms with E-state index in [4.69, 9.17) is 9.96 Å². The van der Waals surface area contributed by atoms with Gasteiger partial charge in [0.25, 0.3) is 0 Å². The van der Waals surface area contributed by atoms with Crippen LogP contribution in [0.15, 0.2) is 22.3 Å². The fourth-order valence-corrected chi connectivity index (χ4v) is 9.61. The van der Waals surface area contributed by atoms with Crippen LogP contribution >= 0.6 is 0 Å². The fraction of sp³-hybridized carbons (Fsp3) is 0.632. The summed E-state index contributed by atoms with van der Waals surface area (Å²) in [6.07, 6.45) is 8.14. The third kappa shape index (κ3) is 3.67. The molecule has 0 aliphatic heterocycles. The third-order valence-electron chi connectivity index (χ3n) is 5.29. The molecule has 3 rings (SSSR count). The summed E-state index contributed by atoms with van der Waals surface area (Å²) >= 11 is -4.59. The van der Waals surface area contributed by atoms with Crippen molar-refractivity contribution in [3.63, 3.8) is 0 Å². The standard InChI is InChI=1S/C13H17.3C2H4O2.Ti/c1-3-7-12-10(5-1)9-11-6-2-4-8-13(11)12;3*1-2(3)4;/h9H,1-8H2;3*1H3,(H,3,4);/q;;;;+3/p-3. The van der Waals surface area contributed by atoms with Gasteiger partial charge in [0.15, 0.2) is 0 Å². The van der Waals surface area contributed by atoms with Crippen molar-refractivity contribution in [2.45, 2.75) is 76.4 Å². The topological polar surface area (TPSA) is 78.9 Å². The van der Waals surface area contributed by atoms with Gasteiger partial charge >= 0.3 is 159 Å². The van der Waals surface area contributed by atoms with Gasteiger partial charge in [0.2, 0.25) is 0 Å². The minimum absolute atomic E-state index is 0.336. The zero-order valence-electron chi connectivity index (χ0n) is 15.7. The van der Waals surface area contributed by atoms with E-state index in [1.165, 1.54) is 43.1 Å². The second kappa shape index (κ2) is 7.69. The average molecular weight is 398 g/mol. The van der Waals surface area contributed by atoms with Crippen molar-refractivity contribution in [3.05, 3.63) is 22.3 Å². The van der Waals surface area contributed by atoms with E-state index in [1.807, 2.05) is 0 Å². The molecule has 0 spiro atoms. The molecule has 0 aromatic heterocycles. The van der Waals surface area contributed by atoms with Gasteiger partial charge in [-0.05, 0) is 0 Å². The Bertz CT molecular complexity index is 632. The summed E-state index contributed by atoms with van der Waals surface area (Å²) in [5.74, 6) is -1.72. The van der Waals surface area contributed by atoms with Crippen LogP contribution in [0.4, 0.5) is 0 Å². The summed E-state index contributed by atoms with van der Waals surface area (Å²) in [5.41, 5.74) is 5.06. The van der Waals surface area contributed by atoms with Gasteiger partial charge in [-0.2, -0.15) is 0 Å². The number of fused-ring (bicyclic) bond motifs is 1. The Hall–Kier alpha value is -1.40. The monoisotopic (exact) mass is 398 g/mol. The summed E-state index contributed by atoms with van der Waals surface area (Å²) in [5, 5.41) is 0. The van der Waals surface area contributed by atoms with E-state index in [0.717, 1.165) is 51.4 Å². The molecule has 26 heavy (non-hydrogen) atoms. The third-order valence-corrected chi connectivity index (χ3v) is 10.2. The second-order valence-electron chi connectivity index (χ2n) is 7.24. The molecule has 142 valence electrons. The predicted molar refractivity (Wildman–Crippen MR) is 90.0 cm³/mol. The maximum atomic E-state index is 11.9. The van der Waals surface area contributed by atoms with Crippen molar-refractivity contribution in [3.8, 4) is 0 Å². The number of allylic oxidation sites excluding steroid dienone is 4. The Kier molecular flexibility index (Phi) is 5.73. The van der Waals surface area contributed by atoms with Crippen molar-refractivity contribution < 1.29 is 42.1 Å². The average Bonchev–Trinajstić information content (AvgIpc) is 2.87. The molecular formula is C19H26O6Ti. The van der Waals surface area contributed by atoms with Gasteiger partial charge in [-0.3, -0.25) is 0 Å². The van der Waals surface area contributed by atoms with Gasteiger partial charge in [-0.15, -0.1) is 0 Å². The molecule has 6 nitrogen and oxygen atoms in total.